The van der Waals surface area contributed by atoms with E-state index in [2.05, 4.69) is 5.32 Å². The van der Waals surface area contributed by atoms with Gasteiger partial charge in [0.1, 0.15) is 5.75 Å². The average molecular weight is 275 g/mol. The first-order chi connectivity index (χ1) is 9.02. The quantitative estimate of drug-likeness (QED) is 0.835. The van der Waals surface area contributed by atoms with Crippen molar-refractivity contribution in [3.8, 4) is 5.75 Å². The molecule has 0 aliphatic rings. The molecule has 0 radical (unpaired) electrons. The minimum atomic E-state index is -0.0833. The maximum Gasteiger partial charge on any atom is 0.266 e. The Morgan fingerprint density at radius 3 is 2.74 bits per heavy atom. The van der Waals surface area contributed by atoms with Crippen molar-refractivity contribution < 1.29 is 9.90 Å². The molecule has 1 amide bonds. The molecule has 100 valence electrons. The number of hydrogen-bond donors (Lipinski definition) is 2. The molecule has 2 aromatic rings. The lowest BCUT2D eigenvalue weighted by Crippen LogP contribution is -2.13. The first-order valence-electron chi connectivity index (χ1n) is 6.20. The second-order valence-corrected chi connectivity index (χ2v) is 5.45. The van der Waals surface area contributed by atoms with Crippen LogP contribution in [-0.2, 0) is 6.42 Å². The molecule has 0 fully saturated rings. The third kappa shape index (κ3) is 2.79. The van der Waals surface area contributed by atoms with E-state index in [-0.39, 0.29) is 11.7 Å². The fourth-order valence-corrected chi connectivity index (χ4v) is 2.82. The number of aromatic hydroxyl groups is 1. The number of phenols is 1. The molecule has 3 nitrogen and oxygen atoms in total. The molecule has 1 heterocycles. The van der Waals surface area contributed by atoms with Crippen LogP contribution in [0.3, 0.4) is 0 Å². The lowest BCUT2D eigenvalue weighted by Gasteiger charge is -2.10. The second-order valence-electron chi connectivity index (χ2n) is 4.54. The van der Waals surface area contributed by atoms with E-state index in [1.165, 1.54) is 11.3 Å². The zero-order valence-electron chi connectivity index (χ0n) is 11.3. The number of aryl methyl sites for hydroxylation is 3. The molecule has 0 bridgehead atoms. The summed E-state index contributed by atoms with van der Waals surface area (Å²) in [6.07, 6.45) is 0.847. The van der Waals surface area contributed by atoms with Gasteiger partial charge in [0.25, 0.3) is 5.91 Å². The lowest BCUT2D eigenvalue weighted by molar-refractivity contribution is 0.102. The van der Waals surface area contributed by atoms with E-state index in [9.17, 15) is 9.90 Å². The summed E-state index contributed by atoms with van der Waals surface area (Å²) in [4.78, 5) is 13.0. The van der Waals surface area contributed by atoms with Gasteiger partial charge in [0.05, 0.1) is 4.88 Å². The maximum absolute atomic E-state index is 12.2. The first-order valence-corrected chi connectivity index (χ1v) is 7.08. The summed E-state index contributed by atoms with van der Waals surface area (Å²) in [7, 11) is 0. The van der Waals surface area contributed by atoms with Crippen LogP contribution in [0.25, 0.3) is 0 Å². The van der Waals surface area contributed by atoms with Gasteiger partial charge in [-0.25, -0.2) is 0 Å². The monoisotopic (exact) mass is 275 g/mol. The minimum absolute atomic E-state index is 0.0833. The van der Waals surface area contributed by atoms with Crippen LogP contribution in [0.1, 0.15) is 33.3 Å². The van der Waals surface area contributed by atoms with Crippen molar-refractivity contribution in [3.63, 3.8) is 0 Å². The summed E-state index contributed by atoms with van der Waals surface area (Å²) < 4.78 is 0. The highest BCUT2D eigenvalue weighted by Gasteiger charge is 2.13. The Kier molecular flexibility index (Phi) is 3.90. The van der Waals surface area contributed by atoms with Crippen molar-refractivity contribution in [3.05, 3.63) is 45.1 Å². The Morgan fingerprint density at radius 1 is 1.32 bits per heavy atom. The molecule has 2 rings (SSSR count). The van der Waals surface area contributed by atoms with Crippen LogP contribution in [-0.4, -0.2) is 11.0 Å². The molecule has 2 N–H and O–H groups in total. The molecule has 1 aromatic heterocycles. The third-order valence-corrected chi connectivity index (χ3v) is 4.08. The number of rotatable bonds is 3. The highest BCUT2D eigenvalue weighted by Crippen LogP contribution is 2.26. The smallest absolute Gasteiger partial charge is 0.266 e. The largest absolute Gasteiger partial charge is 0.508 e. The molecular formula is C15H17NO2S. The molecule has 0 atom stereocenters. The summed E-state index contributed by atoms with van der Waals surface area (Å²) in [6, 6.07) is 5.44. The fraction of sp³-hybridized carbons (Fsp3) is 0.267. The van der Waals surface area contributed by atoms with Gasteiger partial charge in [-0.3, -0.25) is 4.79 Å². The van der Waals surface area contributed by atoms with E-state index in [0.717, 1.165) is 33.7 Å². The van der Waals surface area contributed by atoms with E-state index in [1.807, 2.05) is 32.2 Å². The number of thiophene rings is 1. The number of anilines is 1. The number of hydrogen-bond acceptors (Lipinski definition) is 3. The predicted molar refractivity (Wildman–Crippen MR) is 79.2 cm³/mol. The summed E-state index contributed by atoms with van der Waals surface area (Å²) in [5.74, 6) is 0.168. The van der Waals surface area contributed by atoms with E-state index in [1.54, 1.807) is 12.1 Å². The zero-order valence-corrected chi connectivity index (χ0v) is 12.1. The number of amides is 1. The third-order valence-electron chi connectivity index (χ3n) is 3.13. The number of carbonyl (C=O) groups is 1. The van der Waals surface area contributed by atoms with Crippen LogP contribution < -0.4 is 5.32 Å². The Bertz CT molecular complexity index is 617. The predicted octanol–water partition coefficient (Wildman–Crippen LogP) is 3.89. The Morgan fingerprint density at radius 2 is 2.05 bits per heavy atom. The van der Waals surface area contributed by atoms with Crippen LogP contribution >= 0.6 is 11.3 Å². The zero-order chi connectivity index (χ0) is 14.0. The van der Waals surface area contributed by atoms with Crippen LogP contribution in [0, 0.1) is 13.8 Å². The number of nitrogens with one attached hydrogen (secondary N) is 1. The van der Waals surface area contributed by atoms with Crippen LogP contribution in [0.2, 0.25) is 0 Å². The maximum atomic E-state index is 12.2. The van der Waals surface area contributed by atoms with Gasteiger partial charge < -0.3 is 10.4 Å². The van der Waals surface area contributed by atoms with Crippen molar-refractivity contribution in [2.75, 3.05) is 5.32 Å². The molecule has 0 aliphatic carbocycles. The molecule has 0 saturated carbocycles. The molecule has 0 unspecified atom stereocenters. The molecule has 0 aliphatic heterocycles. The van der Waals surface area contributed by atoms with Crippen LogP contribution in [0.4, 0.5) is 5.69 Å². The molecular weight excluding hydrogens is 258 g/mol. The summed E-state index contributed by atoms with van der Waals surface area (Å²) in [6.45, 7) is 5.71. The molecule has 4 heteroatoms. The normalized spacial score (nSPS) is 10.5. The van der Waals surface area contributed by atoms with Gasteiger partial charge in [-0.05, 0) is 60.5 Å². The Hall–Kier alpha value is -1.81. The van der Waals surface area contributed by atoms with Gasteiger partial charge >= 0.3 is 0 Å². The number of carbonyl (C=O) groups excluding carboxylic acids is 1. The molecule has 1 aromatic carbocycles. The lowest BCUT2D eigenvalue weighted by atomic mass is 10.1. The summed E-state index contributed by atoms with van der Waals surface area (Å²) in [5, 5.41) is 14.5. The van der Waals surface area contributed by atoms with Gasteiger partial charge in [0, 0.05) is 5.69 Å². The Labute approximate surface area is 116 Å². The highest BCUT2D eigenvalue weighted by molar-refractivity contribution is 7.12. The standard InChI is InChI=1S/C15H17NO2S/c1-4-11-5-6-19-14(11)15(18)16-12-7-10(3)13(17)8-9(12)2/h5-8,17H,4H2,1-3H3,(H,16,18). The van der Waals surface area contributed by atoms with Crippen molar-refractivity contribution in [1.29, 1.82) is 0 Å². The van der Waals surface area contributed by atoms with Gasteiger partial charge in [0.2, 0.25) is 0 Å². The highest BCUT2D eigenvalue weighted by atomic mass is 32.1. The van der Waals surface area contributed by atoms with E-state index >= 15 is 0 Å². The van der Waals surface area contributed by atoms with E-state index < -0.39 is 0 Å². The van der Waals surface area contributed by atoms with Crippen molar-refractivity contribution >= 4 is 22.9 Å². The van der Waals surface area contributed by atoms with Crippen molar-refractivity contribution in [2.24, 2.45) is 0 Å². The number of phenolic OH excluding ortho intramolecular Hbond substituents is 1. The minimum Gasteiger partial charge on any atom is -0.508 e. The SMILES string of the molecule is CCc1ccsc1C(=O)Nc1cc(C)c(O)cc1C. The van der Waals surface area contributed by atoms with Crippen molar-refractivity contribution in [1.82, 2.24) is 0 Å². The van der Waals surface area contributed by atoms with E-state index in [0.29, 0.717) is 0 Å². The Balaban J connectivity index is 2.27. The second kappa shape index (κ2) is 5.45. The first kappa shape index (κ1) is 13.6. The van der Waals surface area contributed by atoms with Gasteiger partial charge in [-0.1, -0.05) is 6.92 Å². The molecule has 0 saturated heterocycles. The summed E-state index contributed by atoms with van der Waals surface area (Å²) >= 11 is 1.45. The topological polar surface area (TPSA) is 49.3 Å². The van der Waals surface area contributed by atoms with Gasteiger partial charge in [-0.15, -0.1) is 11.3 Å². The van der Waals surface area contributed by atoms with Crippen molar-refractivity contribution in [2.45, 2.75) is 27.2 Å². The van der Waals surface area contributed by atoms with Gasteiger partial charge in [-0.2, -0.15) is 0 Å². The number of benzene rings is 1. The molecule has 19 heavy (non-hydrogen) atoms. The average Bonchev–Trinajstić information content (AvgIpc) is 2.84. The van der Waals surface area contributed by atoms with Gasteiger partial charge in [0.15, 0.2) is 0 Å². The van der Waals surface area contributed by atoms with E-state index in [4.69, 9.17) is 0 Å². The van der Waals surface area contributed by atoms with Crippen LogP contribution in [0.5, 0.6) is 5.75 Å². The fourth-order valence-electron chi connectivity index (χ4n) is 1.93. The molecule has 0 spiro atoms. The van der Waals surface area contributed by atoms with Crippen LogP contribution in [0.15, 0.2) is 23.6 Å². The summed E-state index contributed by atoms with van der Waals surface area (Å²) in [5.41, 5.74) is 3.42.